The molecule has 0 aliphatic carbocycles. The van der Waals surface area contributed by atoms with Crippen LogP contribution in [0.3, 0.4) is 0 Å². The Bertz CT molecular complexity index is 1250. The van der Waals surface area contributed by atoms with Gasteiger partial charge in [-0.15, -0.1) is 0 Å². The van der Waals surface area contributed by atoms with Gasteiger partial charge in [0.25, 0.3) is 5.91 Å². The Morgan fingerprint density at radius 1 is 1.05 bits per heavy atom. The molecule has 0 spiro atoms. The average molecular weight is 633 g/mol. The van der Waals surface area contributed by atoms with Crippen molar-refractivity contribution in [3.8, 4) is 0 Å². The second-order valence-corrected chi connectivity index (χ2v) is 13.6. The first-order valence-electron chi connectivity index (χ1n) is 14.0. The highest BCUT2D eigenvalue weighted by Crippen LogP contribution is 2.40. The van der Waals surface area contributed by atoms with E-state index in [9.17, 15) is 27.2 Å². The first kappa shape index (κ1) is 34.6. The fourth-order valence-electron chi connectivity index (χ4n) is 4.61. The van der Waals surface area contributed by atoms with E-state index in [0.717, 1.165) is 12.1 Å². The van der Waals surface area contributed by atoms with Crippen LogP contribution in [0.4, 0.5) is 9.18 Å². The van der Waals surface area contributed by atoms with E-state index in [0.29, 0.717) is 0 Å². The molecule has 2 heterocycles. The molecule has 43 heavy (non-hydrogen) atoms. The Morgan fingerprint density at radius 3 is 2.23 bits per heavy atom. The normalized spacial score (nSPS) is 23.8. The third-order valence-electron chi connectivity index (χ3n) is 6.29. The fraction of sp³-hybridized carbons (Fsp3) is 0.679. The number of fused-ring (bicyclic) bond motifs is 1. The largest absolute Gasteiger partial charge is 0.462 e. The van der Waals surface area contributed by atoms with Gasteiger partial charge < -0.3 is 29.0 Å². The zero-order valence-corrected chi connectivity index (χ0v) is 26.2. The predicted molar refractivity (Wildman–Crippen MR) is 149 cm³/mol. The number of nitrogens with one attached hydrogen (secondary N) is 2. The van der Waals surface area contributed by atoms with Crippen LogP contribution in [0.1, 0.15) is 71.7 Å². The molecule has 15 heteroatoms. The number of carbonyl (C=O) groups is 3. The number of amides is 2. The van der Waals surface area contributed by atoms with Crippen LogP contribution in [0.15, 0.2) is 24.3 Å². The predicted octanol–water partition coefficient (Wildman–Crippen LogP) is 2.98. The first-order valence-corrected chi connectivity index (χ1v) is 15.4. The highest BCUT2D eigenvalue weighted by Gasteiger charge is 2.55. The van der Waals surface area contributed by atoms with Crippen LogP contribution >= 0.6 is 0 Å². The van der Waals surface area contributed by atoms with Gasteiger partial charge in [-0.3, -0.25) is 8.98 Å². The van der Waals surface area contributed by atoms with Crippen molar-refractivity contribution in [2.75, 3.05) is 13.2 Å². The minimum Gasteiger partial charge on any atom is -0.462 e. The second kappa shape index (κ2) is 13.8. The molecule has 0 bridgehead atoms. The van der Waals surface area contributed by atoms with Gasteiger partial charge in [0.15, 0.2) is 5.79 Å². The van der Waals surface area contributed by atoms with Gasteiger partial charge in [-0.05, 0) is 71.2 Å². The van der Waals surface area contributed by atoms with Crippen LogP contribution in [-0.2, 0) is 43.0 Å². The van der Waals surface area contributed by atoms with Crippen LogP contribution < -0.4 is 10.0 Å². The molecule has 2 amide bonds. The molecule has 0 radical (unpaired) electrons. The Kier molecular flexibility index (Phi) is 11.2. The molecular formula is C28H41FN2O11S. The number of esters is 1. The summed E-state index contributed by atoms with van der Waals surface area (Å²) in [5, 5.41) is 2.40. The van der Waals surface area contributed by atoms with Gasteiger partial charge in [-0.2, -0.15) is 8.42 Å². The lowest BCUT2D eigenvalue weighted by molar-refractivity contribution is -0.190. The number of rotatable bonds is 12. The van der Waals surface area contributed by atoms with Crippen LogP contribution in [0.5, 0.6) is 0 Å². The number of halogens is 1. The minimum absolute atomic E-state index is 0.0578. The van der Waals surface area contributed by atoms with Gasteiger partial charge >= 0.3 is 22.4 Å². The SMILES string of the molecule is CC(C)CC(NC(=O)OC(C)(C)C)C(=O)NS(=O)(=O)OCC1OC(CCOC(=O)c2ccc(F)cc2)C2OC(C)(C)OC12. The lowest BCUT2D eigenvalue weighted by Gasteiger charge is -2.25. The molecule has 2 saturated heterocycles. The van der Waals surface area contributed by atoms with E-state index >= 15 is 0 Å². The van der Waals surface area contributed by atoms with Crippen molar-refractivity contribution in [2.45, 2.75) is 103 Å². The van der Waals surface area contributed by atoms with Crippen molar-refractivity contribution in [1.82, 2.24) is 10.0 Å². The molecule has 0 aromatic heterocycles. The average Bonchev–Trinajstić information content (AvgIpc) is 3.34. The number of hydrogen-bond donors (Lipinski definition) is 2. The topological polar surface area (TPSA) is 165 Å². The molecule has 2 N–H and O–H groups in total. The van der Waals surface area contributed by atoms with Crippen LogP contribution in [0.2, 0.25) is 0 Å². The van der Waals surface area contributed by atoms with E-state index in [1.54, 1.807) is 48.5 Å². The summed E-state index contributed by atoms with van der Waals surface area (Å²) in [7, 11) is -4.62. The van der Waals surface area contributed by atoms with Gasteiger partial charge in [-0.1, -0.05) is 13.8 Å². The maximum atomic E-state index is 13.1. The molecule has 2 aliphatic heterocycles. The van der Waals surface area contributed by atoms with Gasteiger partial charge in [0.05, 0.1) is 24.9 Å². The van der Waals surface area contributed by atoms with Gasteiger partial charge in [0, 0.05) is 6.42 Å². The zero-order chi connectivity index (χ0) is 32.2. The summed E-state index contributed by atoms with van der Waals surface area (Å²) in [5.41, 5.74) is -0.636. The molecule has 5 atom stereocenters. The third kappa shape index (κ3) is 10.7. The van der Waals surface area contributed by atoms with Crippen molar-refractivity contribution in [2.24, 2.45) is 5.92 Å². The summed E-state index contributed by atoms with van der Waals surface area (Å²) >= 11 is 0. The Morgan fingerprint density at radius 2 is 1.65 bits per heavy atom. The second-order valence-electron chi connectivity index (χ2n) is 12.2. The Balaban J connectivity index is 1.57. The standard InChI is InChI=1S/C28H41FN2O11S/c1-16(2)14-19(30-26(34)42-27(3,4)5)24(32)31-43(35,36)38-15-21-23-22(40-28(6,7)41-23)20(39-21)12-13-37-25(33)17-8-10-18(29)11-9-17/h8-11,16,19-23H,12-15H2,1-7H3,(H,30,34)(H,31,32). The molecule has 242 valence electrons. The van der Waals surface area contributed by atoms with Crippen molar-refractivity contribution in [3.05, 3.63) is 35.6 Å². The smallest absolute Gasteiger partial charge is 0.408 e. The lowest BCUT2D eigenvalue weighted by atomic mass is 10.0. The number of ether oxygens (including phenoxy) is 5. The van der Waals surface area contributed by atoms with E-state index in [1.165, 1.54) is 12.1 Å². The van der Waals surface area contributed by atoms with Gasteiger partial charge in [0.2, 0.25) is 0 Å². The van der Waals surface area contributed by atoms with E-state index in [2.05, 4.69) is 5.32 Å². The minimum atomic E-state index is -4.62. The van der Waals surface area contributed by atoms with Gasteiger partial charge in [0.1, 0.15) is 35.8 Å². The van der Waals surface area contributed by atoms with Crippen molar-refractivity contribution in [1.29, 1.82) is 0 Å². The maximum Gasteiger partial charge on any atom is 0.408 e. The number of benzene rings is 1. The van der Waals surface area contributed by atoms with Crippen molar-refractivity contribution < 1.29 is 55.1 Å². The number of hydrogen-bond acceptors (Lipinski definition) is 11. The van der Waals surface area contributed by atoms with Gasteiger partial charge in [-0.25, -0.2) is 18.7 Å². The molecule has 3 rings (SSSR count). The highest BCUT2D eigenvalue weighted by molar-refractivity contribution is 7.85. The van der Waals surface area contributed by atoms with Crippen LogP contribution in [0, 0.1) is 11.7 Å². The summed E-state index contributed by atoms with van der Waals surface area (Å²) in [6, 6.07) is 3.71. The molecule has 5 unspecified atom stereocenters. The highest BCUT2D eigenvalue weighted by atomic mass is 32.2. The lowest BCUT2D eigenvalue weighted by Crippen LogP contribution is -2.50. The number of alkyl carbamates (subject to hydrolysis) is 1. The Hall–Kier alpha value is -2.85. The fourth-order valence-corrected chi connectivity index (χ4v) is 5.37. The van der Waals surface area contributed by atoms with Crippen molar-refractivity contribution >= 4 is 28.3 Å². The molecule has 1 aromatic carbocycles. The summed E-state index contributed by atoms with van der Waals surface area (Å²) in [4.78, 5) is 37.3. The van der Waals surface area contributed by atoms with E-state index in [4.69, 9.17) is 27.9 Å². The summed E-state index contributed by atoms with van der Waals surface area (Å²) < 4.78 is 73.7. The van der Waals surface area contributed by atoms with E-state index < -0.39 is 82.5 Å². The van der Waals surface area contributed by atoms with Crippen LogP contribution in [-0.4, -0.2) is 81.4 Å². The quantitative estimate of drug-likeness (QED) is 0.326. The summed E-state index contributed by atoms with van der Waals surface area (Å²) in [6.07, 6.45) is -3.38. The summed E-state index contributed by atoms with van der Waals surface area (Å²) in [5.74, 6) is -3.17. The van der Waals surface area contributed by atoms with E-state index in [-0.39, 0.29) is 30.9 Å². The molecule has 13 nitrogen and oxygen atoms in total. The summed E-state index contributed by atoms with van der Waals surface area (Å²) in [6.45, 7) is 11.4. The van der Waals surface area contributed by atoms with Crippen molar-refractivity contribution in [3.63, 3.8) is 0 Å². The zero-order valence-electron chi connectivity index (χ0n) is 25.4. The van der Waals surface area contributed by atoms with E-state index in [1.807, 2.05) is 4.72 Å². The molecule has 2 aliphatic rings. The molecule has 0 saturated carbocycles. The third-order valence-corrected chi connectivity index (χ3v) is 7.19. The first-order chi connectivity index (χ1) is 19.8. The molecular weight excluding hydrogens is 591 g/mol. The van der Waals surface area contributed by atoms with Crippen LogP contribution in [0.25, 0.3) is 0 Å². The molecule has 2 fully saturated rings. The maximum absolute atomic E-state index is 13.1. The monoisotopic (exact) mass is 632 g/mol. The molecule has 1 aromatic rings. The Labute approximate surface area is 251 Å². The number of carbonyl (C=O) groups excluding carboxylic acids is 3.